The number of hydrogen-bond acceptors (Lipinski definition) is 5. The number of ether oxygens (including phenoxy) is 2. The van der Waals surface area contributed by atoms with Crippen LogP contribution in [0.4, 0.5) is 0 Å². The Kier molecular flexibility index (Phi) is 6.86. The van der Waals surface area contributed by atoms with Crippen molar-refractivity contribution in [2.24, 2.45) is 5.92 Å². The lowest BCUT2D eigenvalue weighted by Crippen LogP contribution is -2.45. The van der Waals surface area contributed by atoms with Crippen LogP contribution in [0, 0.1) is 5.92 Å². The van der Waals surface area contributed by atoms with E-state index in [1.54, 1.807) is 13.3 Å². The molecule has 0 radical (unpaired) electrons. The molecule has 0 aliphatic carbocycles. The SMILES string of the molecule is COc1ccnc(CN2CCCC2C2COCCC2O)c1.I. The summed E-state index contributed by atoms with van der Waals surface area (Å²) in [5.41, 5.74) is 1.02. The van der Waals surface area contributed by atoms with Gasteiger partial charge in [0.05, 0.1) is 25.5 Å². The minimum atomic E-state index is -0.234. The number of rotatable bonds is 4. The Balaban J connectivity index is 0.00000176. The van der Waals surface area contributed by atoms with Gasteiger partial charge in [-0.25, -0.2) is 0 Å². The van der Waals surface area contributed by atoms with Crippen LogP contribution >= 0.6 is 24.0 Å². The summed E-state index contributed by atoms with van der Waals surface area (Å²) in [6.45, 7) is 3.23. The zero-order chi connectivity index (χ0) is 14.7. The molecule has 3 atom stereocenters. The summed E-state index contributed by atoms with van der Waals surface area (Å²) < 4.78 is 10.8. The van der Waals surface area contributed by atoms with E-state index in [1.165, 1.54) is 6.42 Å². The van der Waals surface area contributed by atoms with E-state index in [0.717, 1.165) is 37.4 Å². The van der Waals surface area contributed by atoms with Crippen LogP contribution in [0.25, 0.3) is 0 Å². The maximum Gasteiger partial charge on any atom is 0.122 e. The summed E-state index contributed by atoms with van der Waals surface area (Å²) in [5, 5.41) is 10.3. The molecule has 2 aliphatic heterocycles. The first kappa shape index (κ1) is 17.9. The Labute approximate surface area is 149 Å². The number of hydrogen-bond donors (Lipinski definition) is 1. The molecule has 5 nitrogen and oxygen atoms in total. The Morgan fingerprint density at radius 3 is 3.09 bits per heavy atom. The summed E-state index contributed by atoms with van der Waals surface area (Å²) in [7, 11) is 1.67. The summed E-state index contributed by atoms with van der Waals surface area (Å²) >= 11 is 0. The number of aromatic nitrogens is 1. The van der Waals surface area contributed by atoms with Crippen molar-refractivity contribution in [1.82, 2.24) is 9.88 Å². The first-order valence-corrected chi connectivity index (χ1v) is 7.76. The number of halogens is 1. The number of aliphatic hydroxyl groups excluding tert-OH is 1. The van der Waals surface area contributed by atoms with Crippen LogP contribution in [0.5, 0.6) is 5.75 Å². The van der Waals surface area contributed by atoms with E-state index >= 15 is 0 Å². The van der Waals surface area contributed by atoms with Crippen molar-refractivity contribution in [3.05, 3.63) is 24.0 Å². The summed E-state index contributed by atoms with van der Waals surface area (Å²) in [6, 6.07) is 4.25. The molecule has 2 fully saturated rings. The lowest BCUT2D eigenvalue weighted by molar-refractivity contribution is -0.0637. The highest BCUT2D eigenvalue weighted by atomic mass is 127. The third kappa shape index (κ3) is 4.10. The predicted molar refractivity (Wildman–Crippen MR) is 94.6 cm³/mol. The van der Waals surface area contributed by atoms with Crippen LogP contribution in [0.3, 0.4) is 0 Å². The number of aliphatic hydroxyl groups is 1. The molecule has 1 aromatic heterocycles. The van der Waals surface area contributed by atoms with Gasteiger partial charge in [-0.1, -0.05) is 0 Å². The Bertz CT molecular complexity index is 474. The van der Waals surface area contributed by atoms with E-state index in [1.807, 2.05) is 12.1 Å². The van der Waals surface area contributed by atoms with Crippen molar-refractivity contribution < 1.29 is 14.6 Å². The molecule has 0 saturated carbocycles. The maximum atomic E-state index is 10.3. The van der Waals surface area contributed by atoms with E-state index in [-0.39, 0.29) is 36.0 Å². The second-order valence-electron chi connectivity index (χ2n) is 5.96. The van der Waals surface area contributed by atoms with Crippen LogP contribution in [-0.2, 0) is 11.3 Å². The Morgan fingerprint density at radius 2 is 2.32 bits per heavy atom. The molecule has 0 spiro atoms. The topological polar surface area (TPSA) is 54.8 Å². The van der Waals surface area contributed by atoms with Gasteiger partial charge in [-0.3, -0.25) is 9.88 Å². The maximum absolute atomic E-state index is 10.3. The highest BCUT2D eigenvalue weighted by Crippen LogP contribution is 2.31. The second kappa shape index (κ2) is 8.42. The lowest BCUT2D eigenvalue weighted by atomic mass is 9.89. The molecule has 22 heavy (non-hydrogen) atoms. The van der Waals surface area contributed by atoms with E-state index < -0.39 is 0 Å². The first-order valence-electron chi connectivity index (χ1n) is 7.76. The molecule has 3 heterocycles. The highest BCUT2D eigenvalue weighted by Gasteiger charge is 2.37. The fourth-order valence-electron chi connectivity index (χ4n) is 3.53. The predicted octanol–water partition coefficient (Wildman–Crippen LogP) is 2.07. The van der Waals surface area contributed by atoms with Gasteiger partial charge >= 0.3 is 0 Å². The van der Waals surface area contributed by atoms with Crippen molar-refractivity contribution in [2.75, 3.05) is 26.9 Å². The second-order valence-corrected chi connectivity index (χ2v) is 5.96. The lowest BCUT2D eigenvalue weighted by Gasteiger charge is -2.36. The molecule has 2 aliphatic rings. The minimum Gasteiger partial charge on any atom is -0.497 e. The molecule has 0 aromatic carbocycles. The fourth-order valence-corrected chi connectivity index (χ4v) is 3.53. The van der Waals surface area contributed by atoms with E-state index in [9.17, 15) is 5.11 Å². The van der Waals surface area contributed by atoms with Gasteiger partial charge in [0, 0.05) is 37.4 Å². The third-order valence-electron chi connectivity index (χ3n) is 4.66. The summed E-state index contributed by atoms with van der Waals surface area (Å²) in [6.07, 6.45) is 4.62. The average molecular weight is 420 g/mol. The van der Waals surface area contributed by atoms with Gasteiger partial charge < -0.3 is 14.6 Å². The van der Waals surface area contributed by atoms with Crippen LogP contribution in [0.15, 0.2) is 18.3 Å². The Hall–Kier alpha value is -0.440. The standard InChI is InChI=1S/C16H24N2O3.HI/c1-20-13-4-6-17-12(9-13)10-18-7-2-3-15(18)14-11-21-8-5-16(14)19;/h4,6,9,14-16,19H,2-3,5,7-8,10-11H2,1H3;1H. The first-order chi connectivity index (χ1) is 10.3. The summed E-state index contributed by atoms with van der Waals surface area (Å²) in [5.74, 6) is 1.07. The van der Waals surface area contributed by atoms with Gasteiger partial charge in [0.25, 0.3) is 0 Å². The molecule has 1 aromatic rings. The molecule has 0 bridgehead atoms. The van der Waals surface area contributed by atoms with Gasteiger partial charge in [-0.15, -0.1) is 24.0 Å². The van der Waals surface area contributed by atoms with Crippen molar-refractivity contribution in [1.29, 1.82) is 0 Å². The van der Waals surface area contributed by atoms with E-state index in [4.69, 9.17) is 9.47 Å². The van der Waals surface area contributed by atoms with Gasteiger partial charge in [-0.2, -0.15) is 0 Å². The monoisotopic (exact) mass is 420 g/mol. The van der Waals surface area contributed by atoms with Crippen LogP contribution in [0.1, 0.15) is 25.0 Å². The molecule has 124 valence electrons. The van der Waals surface area contributed by atoms with Crippen molar-refractivity contribution in [2.45, 2.75) is 38.0 Å². The largest absolute Gasteiger partial charge is 0.497 e. The average Bonchev–Trinajstić information content (AvgIpc) is 2.96. The van der Waals surface area contributed by atoms with E-state index in [2.05, 4.69) is 9.88 Å². The molecule has 3 rings (SSSR count). The van der Waals surface area contributed by atoms with Crippen molar-refractivity contribution in [3.63, 3.8) is 0 Å². The number of methoxy groups -OCH3 is 1. The summed E-state index contributed by atoms with van der Waals surface area (Å²) in [4.78, 5) is 6.87. The van der Waals surface area contributed by atoms with Crippen molar-refractivity contribution >= 4 is 24.0 Å². The normalized spacial score (nSPS) is 29.1. The van der Waals surface area contributed by atoms with Crippen LogP contribution < -0.4 is 4.74 Å². The van der Waals surface area contributed by atoms with Gasteiger partial charge in [0.15, 0.2) is 0 Å². The number of pyridine rings is 1. The minimum absolute atomic E-state index is 0. The third-order valence-corrected chi connectivity index (χ3v) is 4.66. The number of nitrogens with zero attached hydrogens (tertiary/aromatic N) is 2. The smallest absolute Gasteiger partial charge is 0.122 e. The zero-order valence-electron chi connectivity index (χ0n) is 13.0. The highest BCUT2D eigenvalue weighted by molar-refractivity contribution is 14.0. The molecular weight excluding hydrogens is 395 g/mol. The van der Waals surface area contributed by atoms with Gasteiger partial charge in [0.2, 0.25) is 0 Å². The fraction of sp³-hybridized carbons (Fsp3) is 0.688. The molecule has 1 N–H and O–H groups in total. The molecule has 2 saturated heterocycles. The van der Waals surface area contributed by atoms with Crippen LogP contribution in [0.2, 0.25) is 0 Å². The van der Waals surface area contributed by atoms with Gasteiger partial charge in [-0.05, 0) is 31.9 Å². The quantitative estimate of drug-likeness (QED) is 0.757. The molecule has 3 unspecified atom stereocenters. The molecule has 6 heteroatoms. The van der Waals surface area contributed by atoms with Crippen LogP contribution in [-0.4, -0.2) is 54.0 Å². The molecular formula is C16H25IN2O3. The zero-order valence-corrected chi connectivity index (χ0v) is 15.3. The molecule has 0 amide bonds. The van der Waals surface area contributed by atoms with Gasteiger partial charge in [0.1, 0.15) is 5.75 Å². The van der Waals surface area contributed by atoms with E-state index in [0.29, 0.717) is 19.3 Å². The van der Waals surface area contributed by atoms with Crippen molar-refractivity contribution in [3.8, 4) is 5.75 Å². The Morgan fingerprint density at radius 1 is 1.45 bits per heavy atom. The number of likely N-dealkylation sites (tertiary alicyclic amines) is 1.